The second kappa shape index (κ2) is 5.76. The maximum Gasteiger partial charge on any atom is 0.322 e. The number of aromatic nitrogens is 2. The van der Waals surface area contributed by atoms with Gasteiger partial charge in [0.1, 0.15) is 11.3 Å². The van der Waals surface area contributed by atoms with Gasteiger partial charge in [-0.05, 0) is 31.0 Å². The lowest BCUT2D eigenvalue weighted by atomic mass is 9.87. The molecule has 0 saturated carbocycles. The number of imide groups is 1. The molecule has 9 nitrogen and oxygen atoms in total. The Balaban J connectivity index is 1.40. The summed E-state index contributed by atoms with van der Waals surface area (Å²) in [5.41, 5.74) is -0.887. The standard InChI is InChI=1S/C16H17N5O4/c22-13(12-3-2-11(25-12)10-21-7-1-6-17-21)20-8-4-16(5-9-20)14(23)18-15(24)19-16/h1-3,6-7H,4-5,8-10H2,(H2,18,19,23,24). The number of amides is 4. The third kappa shape index (κ3) is 2.77. The van der Waals surface area contributed by atoms with Crippen LogP contribution >= 0.6 is 0 Å². The summed E-state index contributed by atoms with van der Waals surface area (Å²) in [6.45, 7) is 1.21. The van der Waals surface area contributed by atoms with Gasteiger partial charge in [0, 0.05) is 25.5 Å². The van der Waals surface area contributed by atoms with Gasteiger partial charge in [0.05, 0.1) is 6.54 Å². The largest absolute Gasteiger partial charge is 0.454 e. The van der Waals surface area contributed by atoms with E-state index < -0.39 is 11.6 Å². The molecule has 2 aliphatic rings. The van der Waals surface area contributed by atoms with E-state index in [2.05, 4.69) is 15.7 Å². The van der Waals surface area contributed by atoms with Crippen molar-refractivity contribution in [3.8, 4) is 0 Å². The number of carbonyl (C=O) groups excluding carboxylic acids is 3. The molecule has 0 aromatic carbocycles. The zero-order valence-electron chi connectivity index (χ0n) is 13.4. The van der Waals surface area contributed by atoms with Gasteiger partial charge in [-0.2, -0.15) is 5.10 Å². The number of hydrogen-bond acceptors (Lipinski definition) is 5. The van der Waals surface area contributed by atoms with Crippen molar-refractivity contribution in [2.45, 2.75) is 24.9 Å². The van der Waals surface area contributed by atoms with Gasteiger partial charge >= 0.3 is 6.03 Å². The Hall–Kier alpha value is -3.10. The van der Waals surface area contributed by atoms with E-state index in [0.717, 1.165) is 0 Å². The zero-order chi connectivity index (χ0) is 17.4. The van der Waals surface area contributed by atoms with Crippen LogP contribution in [-0.4, -0.2) is 51.2 Å². The average Bonchev–Trinajstić information content (AvgIpc) is 3.31. The Kier molecular flexibility index (Phi) is 3.56. The van der Waals surface area contributed by atoms with Gasteiger partial charge in [0.25, 0.3) is 11.8 Å². The third-order valence-corrected chi connectivity index (χ3v) is 4.67. The molecule has 2 N–H and O–H groups in total. The topological polar surface area (TPSA) is 109 Å². The van der Waals surface area contributed by atoms with E-state index in [9.17, 15) is 14.4 Å². The highest BCUT2D eigenvalue weighted by atomic mass is 16.4. The average molecular weight is 343 g/mol. The van der Waals surface area contributed by atoms with E-state index >= 15 is 0 Å². The summed E-state index contributed by atoms with van der Waals surface area (Å²) in [7, 11) is 0. The number of furan rings is 1. The van der Waals surface area contributed by atoms with Crippen LogP contribution in [0.4, 0.5) is 4.79 Å². The predicted octanol–water partition coefficient (Wildman–Crippen LogP) is 0.339. The molecule has 0 unspecified atom stereocenters. The van der Waals surface area contributed by atoms with Gasteiger partial charge in [0.2, 0.25) is 0 Å². The molecule has 9 heteroatoms. The van der Waals surface area contributed by atoms with E-state index in [4.69, 9.17) is 4.42 Å². The second-order valence-corrected chi connectivity index (χ2v) is 6.25. The molecule has 4 amide bonds. The molecule has 0 aliphatic carbocycles. The molecule has 2 saturated heterocycles. The van der Waals surface area contributed by atoms with Crippen molar-refractivity contribution in [2.75, 3.05) is 13.1 Å². The molecule has 0 atom stereocenters. The Morgan fingerprint density at radius 3 is 2.72 bits per heavy atom. The van der Waals surface area contributed by atoms with Crippen LogP contribution in [0, 0.1) is 0 Å². The minimum atomic E-state index is -0.887. The van der Waals surface area contributed by atoms with Crippen molar-refractivity contribution in [3.05, 3.63) is 42.1 Å². The lowest BCUT2D eigenvalue weighted by Gasteiger charge is -2.36. The first kappa shape index (κ1) is 15.4. The third-order valence-electron chi connectivity index (χ3n) is 4.67. The van der Waals surface area contributed by atoms with E-state index in [0.29, 0.717) is 38.2 Å². The summed E-state index contributed by atoms with van der Waals surface area (Å²) >= 11 is 0. The highest BCUT2D eigenvalue weighted by Crippen LogP contribution is 2.26. The molecule has 0 radical (unpaired) electrons. The van der Waals surface area contributed by atoms with Gasteiger partial charge in [0.15, 0.2) is 5.76 Å². The fourth-order valence-electron chi connectivity index (χ4n) is 3.26. The first-order valence-electron chi connectivity index (χ1n) is 8.05. The van der Waals surface area contributed by atoms with Crippen LogP contribution in [0.3, 0.4) is 0 Å². The molecule has 1 spiro atoms. The number of hydrogen-bond donors (Lipinski definition) is 2. The summed E-state index contributed by atoms with van der Waals surface area (Å²) in [5, 5.41) is 9.03. The monoisotopic (exact) mass is 343 g/mol. The van der Waals surface area contributed by atoms with E-state index in [-0.39, 0.29) is 17.6 Å². The Morgan fingerprint density at radius 2 is 2.08 bits per heavy atom. The van der Waals surface area contributed by atoms with Crippen molar-refractivity contribution < 1.29 is 18.8 Å². The first-order chi connectivity index (χ1) is 12.1. The smallest absolute Gasteiger partial charge is 0.322 e. The van der Waals surface area contributed by atoms with Gasteiger partial charge in [-0.1, -0.05) is 0 Å². The normalized spacial score (nSPS) is 19.1. The second-order valence-electron chi connectivity index (χ2n) is 6.25. The molecular weight excluding hydrogens is 326 g/mol. The minimum absolute atomic E-state index is 0.216. The highest BCUT2D eigenvalue weighted by molar-refractivity contribution is 6.07. The summed E-state index contributed by atoms with van der Waals surface area (Å²) in [6, 6.07) is 4.75. The maximum atomic E-state index is 12.6. The summed E-state index contributed by atoms with van der Waals surface area (Å²) in [5.74, 6) is 0.372. The zero-order valence-corrected chi connectivity index (χ0v) is 13.4. The number of piperidine rings is 1. The molecule has 0 bridgehead atoms. The Bertz CT molecular complexity index is 817. The first-order valence-corrected chi connectivity index (χ1v) is 8.05. The van der Waals surface area contributed by atoms with Crippen molar-refractivity contribution >= 4 is 17.8 Å². The molecule has 25 heavy (non-hydrogen) atoms. The molecule has 130 valence electrons. The van der Waals surface area contributed by atoms with Crippen LogP contribution in [0.15, 0.2) is 35.0 Å². The van der Waals surface area contributed by atoms with Crippen molar-refractivity contribution in [1.82, 2.24) is 25.3 Å². The maximum absolute atomic E-state index is 12.6. The highest BCUT2D eigenvalue weighted by Gasteiger charge is 2.48. The SMILES string of the molecule is O=C1NC(=O)C2(CCN(C(=O)c3ccc(Cn4cccn4)o3)CC2)N1. The number of likely N-dealkylation sites (tertiary alicyclic amines) is 1. The van der Waals surface area contributed by atoms with Crippen LogP contribution in [-0.2, 0) is 11.3 Å². The summed E-state index contributed by atoms with van der Waals surface area (Å²) in [6.07, 6.45) is 4.26. The van der Waals surface area contributed by atoms with Crippen LogP contribution in [0.1, 0.15) is 29.2 Å². The summed E-state index contributed by atoms with van der Waals surface area (Å²) in [4.78, 5) is 37.5. The van der Waals surface area contributed by atoms with Gasteiger partial charge in [-0.15, -0.1) is 0 Å². The van der Waals surface area contributed by atoms with E-state index in [1.807, 2.05) is 12.3 Å². The lowest BCUT2D eigenvalue weighted by molar-refractivity contribution is -0.125. The van der Waals surface area contributed by atoms with Crippen LogP contribution < -0.4 is 10.6 Å². The molecule has 2 aliphatic heterocycles. The number of urea groups is 1. The Morgan fingerprint density at radius 1 is 1.28 bits per heavy atom. The Labute approximate surface area is 143 Å². The van der Waals surface area contributed by atoms with Crippen molar-refractivity contribution in [2.24, 2.45) is 0 Å². The molecule has 4 rings (SSSR count). The quantitative estimate of drug-likeness (QED) is 0.781. The number of nitrogens with one attached hydrogen (secondary N) is 2. The fourth-order valence-corrected chi connectivity index (χ4v) is 3.26. The fraction of sp³-hybridized carbons (Fsp3) is 0.375. The van der Waals surface area contributed by atoms with E-state index in [1.54, 1.807) is 27.9 Å². The predicted molar refractivity (Wildman–Crippen MR) is 84.6 cm³/mol. The molecule has 2 fully saturated rings. The van der Waals surface area contributed by atoms with Gasteiger partial charge in [-0.3, -0.25) is 19.6 Å². The molecule has 2 aromatic rings. The molecule has 4 heterocycles. The number of rotatable bonds is 3. The van der Waals surface area contributed by atoms with Crippen molar-refractivity contribution in [3.63, 3.8) is 0 Å². The van der Waals surface area contributed by atoms with Crippen LogP contribution in [0.25, 0.3) is 0 Å². The molecule has 2 aromatic heterocycles. The van der Waals surface area contributed by atoms with Gasteiger partial charge < -0.3 is 14.6 Å². The van der Waals surface area contributed by atoms with Crippen LogP contribution in [0.5, 0.6) is 0 Å². The van der Waals surface area contributed by atoms with E-state index in [1.165, 1.54) is 0 Å². The lowest BCUT2D eigenvalue weighted by Crippen LogP contribution is -2.55. The van der Waals surface area contributed by atoms with Crippen LogP contribution in [0.2, 0.25) is 0 Å². The number of carbonyl (C=O) groups is 3. The summed E-state index contributed by atoms with van der Waals surface area (Å²) < 4.78 is 7.33. The number of nitrogens with zero attached hydrogens (tertiary/aromatic N) is 3. The molecular formula is C16H17N5O4. The minimum Gasteiger partial charge on any atom is -0.454 e. The van der Waals surface area contributed by atoms with Crippen molar-refractivity contribution in [1.29, 1.82) is 0 Å². The van der Waals surface area contributed by atoms with Gasteiger partial charge in [-0.25, -0.2) is 4.79 Å².